The average molecular weight is 301 g/mol. The smallest absolute Gasteiger partial charge is 0.237 e. The number of carbonyl (C=O) groups is 1. The quantitative estimate of drug-likeness (QED) is 0.878. The maximum Gasteiger partial charge on any atom is 0.237 e. The summed E-state index contributed by atoms with van der Waals surface area (Å²) in [7, 11) is 0. The molecule has 118 valence electrons. The zero-order valence-electron chi connectivity index (χ0n) is 13.2. The first-order valence-electron chi connectivity index (χ1n) is 7.78. The Balaban J connectivity index is 1.90. The second-order valence-electron chi connectivity index (χ2n) is 5.50. The maximum absolute atomic E-state index is 12.0. The number of nitriles is 1. The van der Waals surface area contributed by atoms with Gasteiger partial charge in [-0.1, -0.05) is 6.92 Å². The van der Waals surface area contributed by atoms with Gasteiger partial charge in [0.15, 0.2) is 0 Å². The molecule has 1 fully saturated rings. The monoisotopic (exact) mass is 301 g/mol. The zero-order chi connectivity index (χ0) is 15.9. The summed E-state index contributed by atoms with van der Waals surface area (Å²) >= 11 is 0. The zero-order valence-corrected chi connectivity index (χ0v) is 13.2. The molecule has 1 aromatic rings. The van der Waals surface area contributed by atoms with Gasteiger partial charge in [-0.3, -0.25) is 9.69 Å². The van der Waals surface area contributed by atoms with Gasteiger partial charge in [-0.05, 0) is 25.5 Å². The van der Waals surface area contributed by atoms with E-state index in [1.54, 1.807) is 12.3 Å². The van der Waals surface area contributed by atoms with Crippen molar-refractivity contribution in [3.8, 4) is 6.07 Å². The number of piperazine rings is 1. The highest BCUT2D eigenvalue weighted by atomic mass is 16.2. The Morgan fingerprint density at radius 2 is 2.18 bits per heavy atom. The van der Waals surface area contributed by atoms with Gasteiger partial charge in [0, 0.05) is 38.9 Å². The summed E-state index contributed by atoms with van der Waals surface area (Å²) in [6, 6.07) is 5.55. The summed E-state index contributed by atoms with van der Waals surface area (Å²) in [5, 5.41) is 11.9. The Morgan fingerprint density at radius 3 is 2.82 bits per heavy atom. The van der Waals surface area contributed by atoms with Gasteiger partial charge in [0.2, 0.25) is 5.91 Å². The summed E-state index contributed by atoms with van der Waals surface area (Å²) in [5.41, 5.74) is 0.625. The van der Waals surface area contributed by atoms with Crippen LogP contribution in [0.15, 0.2) is 18.3 Å². The highest BCUT2D eigenvalue weighted by molar-refractivity contribution is 5.81. The molecule has 1 saturated heterocycles. The third-order valence-corrected chi connectivity index (χ3v) is 3.99. The van der Waals surface area contributed by atoms with Gasteiger partial charge in [0.05, 0.1) is 17.7 Å². The summed E-state index contributed by atoms with van der Waals surface area (Å²) in [4.78, 5) is 20.7. The number of hydrogen-bond acceptors (Lipinski definition) is 5. The van der Waals surface area contributed by atoms with Crippen molar-refractivity contribution in [3.05, 3.63) is 23.9 Å². The molecule has 1 aromatic heterocycles. The Kier molecular flexibility index (Phi) is 5.73. The Morgan fingerprint density at radius 1 is 1.45 bits per heavy atom. The second kappa shape index (κ2) is 7.76. The van der Waals surface area contributed by atoms with Crippen LogP contribution in [0, 0.1) is 11.3 Å². The number of nitrogens with one attached hydrogen (secondary N) is 1. The lowest BCUT2D eigenvalue weighted by Crippen LogP contribution is -2.54. The molecule has 1 atom stereocenters. The lowest BCUT2D eigenvalue weighted by Gasteiger charge is -2.38. The Hall–Kier alpha value is -2.13. The first kappa shape index (κ1) is 16.2. The van der Waals surface area contributed by atoms with E-state index in [4.69, 9.17) is 5.26 Å². The normalized spacial score (nSPS) is 16.9. The predicted octanol–water partition coefficient (Wildman–Crippen LogP) is 0.990. The van der Waals surface area contributed by atoms with Crippen molar-refractivity contribution in [1.29, 1.82) is 5.26 Å². The average Bonchev–Trinajstić information content (AvgIpc) is 2.59. The fourth-order valence-electron chi connectivity index (χ4n) is 2.56. The molecular weight excluding hydrogens is 278 g/mol. The molecule has 1 N–H and O–H groups in total. The van der Waals surface area contributed by atoms with Gasteiger partial charge in [0.25, 0.3) is 0 Å². The molecule has 1 unspecified atom stereocenters. The second-order valence-corrected chi connectivity index (χ2v) is 5.50. The molecule has 0 bridgehead atoms. The SMILES string of the molecule is CCCNC(=O)C(C)N1CCN(c2cc(C#N)ccn2)CC1. The van der Waals surface area contributed by atoms with Gasteiger partial charge in [-0.25, -0.2) is 4.98 Å². The maximum atomic E-state index is 12.0. The molecule has 0 aromatic carbocycles. The number of amides is 1. The van der Waals surface area contributed by atoms with Crippen LogP contribution >= 0.6 is 0 Å². The number of nitrogens with zero attached hydrogens (tertiary/aromatic N) is 4. The van der Waals surface area contributed by atoms with E-state index in [9.17, 15) is 4.79 Å². The van der Waals surface area contributed by atoms with Gasteiger partial charge in [-0.15, -0.1) is 0 Å². The minimum absolute atomic E-state index is 0.0971. The van der Waals surface area contributed by atoms with Crippen molar-refractivity contribution in [3.63, 3.8) is 0 Å². The van der Waals surface area contributed by atoms with Crippen LogP contribution < -0.4 is 10.2 Å². The topological polar surface area (TPSA) is 72.3 Å². The van der Waals surface area contributed by atoms with Gasteiger partial charge >= 0.3 is 0 Å². The summed E-state index contributed by atoms with van der Waals surface area (Å²) < 4.78 is 0. The van der Waals surface area contributed by atoms with E-state index >= 15 is 0 Å². The fourth-order valence-corrected chi connectivity index (χ4v) is 2.56. The number of aromatic nitrogens is 1. The van der Waals surface area contributed by atoms with Crippen LogP contribution in [0.2, 0.25) is 0 Å². The van der Waals surface area contributed by atoms with Crippen molar-refractivity contribution < 1.29 is 4.79 Å². The number of rotatable bonds is 5. The lowest BCUT2D eigenvalue weighted by molar-refractivity contribution is -0.126. The first-order valence-corrected chi connectivity index (χ1v) is 7.78. The third-order valence-electron chi connectivity index (χ3n) is 3.99. The fraction of sp³-hybridized carbons (Fsp3) is 0.562. The minimum atomic E-state index is -0.105. The molecule has 0 spiro atoms. The molecule has 1 amide bonds. The highest BCUT2D eigenvalue weighted by Gasteiger charge is 2.25. The largest absolute Gasteiger partial charge is 0.355 e. The van der Waals surface area contributed by atoms with Crippen LogP contribution in [0.4, 0.5) is 5.82 Å². The Labute approximate surface area is 131 Å². The molecule has 0 aliphatic carbocycles. The van der Waals surface area contributed by atoms with E-state index in [0.717, 1.165) is 45.0 Å². The van der Waals surface area contributed by atoms with Crippen molar-refractivity contribution in [2.75, 3.05) is 37.6 Å². The molecule has 0 radical (unpaired) electrons. The lowest BCUT2D eigenvalue weighted by atomic mass is 10.2. The molecule has 22 heavy (non-hydrogen) atoms. The van der Waals surface area contributed by atoms with Gasteiger partial charge in [-0.2, -0.15) is 5.26 Å². The van der Waals surface area contributed by atoms with Crippen LogP contribution in [0.25, 0.3) is 0 Å². The summed E-state index contributed by atoms with van der Waals surface area (Å²) in [6.07, 6.45) is 2.62. The predicted molar refractivity (Wildman–Crippen MR) is 85.5 cm³/mol. The molecule has 6 nitrogen and oxygen atoms in total. The van der Waals surface area contributed by atoms with E-state index in [1.807, 2.05) is 19.9 Å². The summed E-state index contributed by atoms with van der Waals surface area (Å²) in [6.45, 7) is 7.99. The molecule has 0 saturated carbocycles. The third kappa shape index (κ3) is 3.95. The molecule has 6 heteroatoms. The number of pyridine rings is 1. The Bertz CT molecular complexity index is 546. The van der Waals surface area contributed by atoms with E-state index in [0.29, 0.717) is 5.56 Å². The van der Waals surface area contributed by atoms with Crippen LogP contribution in [0.1, 0.15) is 25.8 Å². The molecular formula is C16H23N5O. The van der Waals surface area contributed by atoms with Gasteiger partial charge < -0.3 is 10.2 Å². The first-order chi connectivity index (χ1) is 10.7. The molecule has 2 heterocycles. The van der Waals surface area contributed by atoms with Crippen molar-refractivity contribution in [2.24, 2.45) is 0 Å². The van der Waals surface area contributed by atoms with Crippen molar-refractivity contribution >= 4 is 11.7 Å². The molecule has 2 rings (SSSR count). The van der Waals surface area contributed by atoms with Gasteiger partial charge in [0.1, 0.15) is 5.82 Å². The number of anilines is 1. The molecule has 1 aliphatic rings. The minimum Gasteiger partial charge on any atom is -0.355 e. The standard InChI is InChI=1S/C16H23N5O/c1-3-5-19-16(22)13(2)20-7-9-21(10-8-20)15-11-14(12-17)4-6-18-15/h4,6,11,13H,3,5,7-10H2,1-2H3,(H,19,22). The molecule has 1 aliphatic heterocycles. The van der Waals surface area contributed by atoms with Crippen molar-refractivity contribution in [1.82, 2.24) is 15.2 Å². The highest BCUT2D eigenvalue weighted by Crippen LogP contribution is 2.16. The van der Waals surface area contributed by atoms with Crippen LogP contribution in [0.3, 0.4) is 0 Å². The van der Waals surface area contributed by atoms with E-state index in [2.05, 4.69) is 26.2 Å². The number of hydrogen-bond donors (Lipinski definition) is 1. The van der Waals surface area contributed by atoms with E-state index < -0.39 is 0 Å². The van der Waals surface area contributed by atoms with E-state index in [1.165, 1.54) is 0 Å². The van der Waals surface area contributed by atoms with Crippen LogP contribution in [-0.2, 0) is 4.79 Å². The summed E-state index contributed by atoms with van der Waals surface area (Å²) in [5.74, 6) is 0.932. The van der Waals surface area contributed by atoms with Crippen LogP contribution in [-0.4, -0.2) is 54.6 Å². The van der Waals surface area contributed by atoms with E-state index in [-0.39, 0.29) is 11.9 Å². The van der Waals surface area contributed by atoms with Crippen LogP contribution in [0.5, 0.6) is 0 Å². The van der Waals surface area contributed by atoms with Crippen molar-refractivity contribution in [2.45, 2.75) is 26.3 Å². The number of carbonyl (C=O) groups excluding carboxylic acids is 1.